The molecule has 2 aliphatic rings. The molecule has 2 aromatic rings. The van der Waals surface area contributed by atoms with Gasteiger partial charge in [0.05, 0.1) is 11.4 Å². The number of amides is 2. The normalized spacial score (nSPS) is 16.5. The van der Waals surface area contributed by atoms with E-state index in [-0.39, 0.29) is 37.7 Å². The number of carbonyl (C=O) groups excluding carboxylic acids is 2. The van der Waals surface area contributed by atoms with Gasteiger partial charge in [0.2, 0.25) is 21.8 Å². The van der Waals surface area contributed by atoms with Crippen molar-refractivity contribution in [2.24, 2.45) is 0 Å². The zero-order chi connectivity index (χ0) is 24.5. The minimum Gasteiger partial charge on any atom is -0.349 e. The van der Waals surface area contributed by atoms with E-state index in [9.17, 15) is 18.0 Å². The van der Waals surface area contributed by atoms with Crippen molar-refractivity contribution in [2.45, 2.75) is 64.4 Å². The smallest absolute Gasteiger partial charge is 0.243 e. The number of hydrogen-bond donors (Lipinski definition) is 1. The van der Waals surface area contributed by atoms with Crippen LogP contribution < -0.4 is 5.32 Å². The summed E-state index contributed by atoms with van der Waals surface area (Å²) in [6, 6.07) is 3.75. The van der Waals surface area contributed by atoms with Gasteiger partial charge in [0.25, 0.3) is 0 Å². The molecule has 34 heavy (non-hydrogen) atoms. The van der Waals surface area contributed by atoms with Crippen LogP contribution in [0.1, 0.15) is 47.6 Å². The van der Waals surface area contributed by atoms with Gasteiger partial charge in [0.15, 0.2) is 5.82 Å². The summed E-state index contributed by atoms with van der Waals surface area (Å²) in [4.78, 5) is 26.8. The summed E-state index contributed by atoms with van der Waals surface area (Å²) < 4.78 is 29.9. The molecule has 0 saturated carbocycles. The lowest BCUT2D eigenvalue weighted by Gasteiger charge is -2.34. The molecule has 0 spiro atoms. The molecule has 10 nitrogen and oxygen atoms in total. The van der Waals surface area contributed by atoms with E-state index < -0.39 is 10.0 Å². The fourth-order valence-electron chi connectivity index (χ4n) is 4.87. The van der Waals surface area contributed by atoms with E-state index in [0.717, 1.165) is 47.7 Å². The van der Waals surface area contributed by atoms with E-state index in [4.69, 9.17) is 0 Å². The molecule has 0 aliphatic carbocycles. The number of sulfonamides is 1. The van der Waals surface area contributed by atoms with Gasteiger partial charge in [0, 0.05) is 52.0 Å². The minimum absolute atomic E-state index is 0.0834. The fraction of sp³-hybridized carbons (Fsp3) is 0.565. The Hall–Kier alpha value is -2.79. The Morgan fingerprint density at radius 1 is 0.971 bits per heavy atom. The second kappa shape index (κ2) is 9.83. The van der Waals surface area contributed by atoms with Gasteiger partial charge in [-0.3, -0.25) is 9.59 Å². The van der Waals surface area contributed by atoms with Crippen LogP contribution in [0, 0.1) is 20.8 Å². The third-order valence-electron chi connectivity index (χ3n) is 6.49. The molecule has 3 heterocycles. The van der Waals surface area contributed by atoms with E-state index in [2.05, 4.69) is 15.5 Å². The third-order valence-corrected chi connectivity index (χ3v) is 8.69. The molecular weight excluding hydrogens is 456 g/mol. The molecule has 0 radical (unpaired) electrons. The molecule has 1 N–H and O–H groups in total. The standard InChI is InChI=1S/C23H32N6O4S/c1-16-13-17(2)23(18(3)14-16)34(32,33)28-11-9-27(10-12-28)22(31)7-6-21(30)24-15-20-26-25-19-5-4-8-29(19)20/h13-14H,4-12,15H2,1-3H3,(H,24,30). The van der Waals surface area contributed by atoms with Gasteiger partial charge in [-0.1, -0.05) is 17.7 Å². The van der Waals surface area contributed by atoms with Gasteiger partial charge in [0.1, 0.15) is 5.82 Å². The van der Waals surface area contributed by atoms with E-state index in [0.29, 0.717) is 24.5 Å². The Morgan fingerprint density at radius 2 is 1.65 bits per heavy atom. The number of nitrogens with one attached hydrogen (secondary N) is 1. The lowest BCUT2D eigenvalue weighted by Crippen LogP contribution is -2.50. The van der Waals surface area contributed by atoms with Crippen LogP contribution in [0.3, 0.4) is 0 Å². The second-order valence-corrected chi connectivity index (χ2v) is 11.0. The highest BCUT2D eigenvalue weighted by Crippen LogP contribution is 2.26. The number of fused-ring (bicyclic) bond motifs is 1. The number of benzene rings is 1. The predicted octanol–water partition coefficient (Wildman–Crippen LogP) is 1.08. The Labute approximate surface area is 200 Å². The summed E-state index contributed by atoms with van der Waals surface area (Å²) in [6.07, 6.45) is 2.13. The van der Waals surface area contributed by atoms with Crippen LogP contribution in [0.4, 0.5) is 0 Å². The Kier molecular flexibility index (Phi) is 7.04. The van der Waals surface area contributed by atoms with Crippen LogP contribution >= 0.6 is 0 Å². The van der Waals surface area contributed by atoms with E-state index in [1.807, 2.05) is 37.5 Å². The number of piperazine rings is 1. The zero-order valence-electron chi connectivity index (χ0n) is 20.0. The molecule has 0 bridgehead atoms. The molecular formula is C23H32N6O4S. The second-order valence-electron chi connectivity index (χ2n) is 9.08. The molecule has 0 atom stereocenters. The van der Waals surface area contributed by atoms with Crippen LogP contribution in [0.2, 0.25) is 0 Å². The van der Waals surface area contributed by atoms with Crippen molar-refractivity contribution < 1.29 is 18.0 Å². The fourth-order valence-corrected chi connectivity index (χ4v) is 6.70. The molecule has 4 rings (SSSR count). The minimum atomic E-state index is -3.63. The Morgan fingerprint density at radius 3 is 2.32 bits per heavy atom. The highest BCUT2D eigenvalue weighted by molar-refractivity contribution is 7.89. The van der Waals surface area contributed by atoms with E-state index in [1.54, 1.807) is 4.90 Å². The van der Waals surface area contributed by atoms with Gasteiger partial charge >= 0.3 is 0 Å². The zero-order valence-corrected chi connectivity index (χ0v) is 20.8. The third kappa shape index (κ3) is 5.00. The summed E-state index contributed by atoms with van der Waals surface area (Å²) in [6.45, 7) is 7.86. The van der Waals surface area contributed by atoms with E-state index >= 15 is 0 Å². The SMILES string of the molecule is Cc1cc(C)c(S(=O)(=O)N2CCN(C(=O)CCC(=O)NCc3nnc4n3CCC4)CC2)c(C)c1. The first kappa shape index (κ1) is 24.3. The molecule has 184 valence electrons. The van der Waals surface area contributed by atoms with Gasteiger partial charge in [-0.25, -0.2) is 8.42 Å². The number of nitrogens with zero attached hydrogens (tertiary/aromatic N) is 5. The lowest BCUT2D eigenvalue weighted by atomic mass is 10.1. The maximum atomic E-state index is 13.2. The summed E-state index contributed by atoms with van der Waals surface area (Å²) in [5, 5.41) is 11.0. The van der Waals surface area contributed by atoms with Crippen molar-refractivity contribution in [2.75, 3.05) is 26.2 Å². The maximum absolute atomic E-state index is 13.2. The lowest BCUT2D eigenvalue weighted by molar-refractivity contribution is -0.134. The predicted molar refractivity (Wildman–Crippen MR) is 125 cm³/mol. The van der Waals surface area contributed by atoms with Gasteiger partial charge < -0.3 is 14.8 Å². The summed E-state index contributed by atoms with van der Waals surface area (Å²) >= 11 is 0. The maximum Gasteiger partial charge on any atom is 0.243 e. The molecule has 0 unspecified atom stereocenters. The Balaban J connectivity index is 1.25. The molecule has 2 aliphatic heterocycles. The topological polar surface area (TPSA) is 118 Å². The van der Waals surface area contributed by atoms with Crippen molar-refractivity contribution in [1.82, 2.24) is 29.3 Å². The molecule has 1 aromatic carbocycles. The van der Waals surface area contributed by atoms with Gasteiger partial charge in [-0.05, 0) is 38.3 Å². The van der Waals surface area contributed by atoms with Crippen molar-refractivity contribution >= 4 is 21.8 Å². The molecule has 1 aromatic heterocycles. The van der Waals surface area contributed by atoms with Crippen LogP contribution in [-0.2, 0) is 39.1 Å². The van der Waals surface area contributed by atoms with Crippen LogP contribution in [0.5, 0.6) is 0 Å². The van der Waals surface area contributed by atoms with Gasteiger partial charge in [-0.15, -0.1) is 10.2 Å². The number of carbonyl (C=O) groups is 2. The van der Waals surface area contributed by atoms with Crippen molar-refractivity contribution in [3.05, 3.63) is 40.5 Å². The average Bonchev–Trinajstić information content (AvgIpc) is 3.39. The quantitative estimate of drug-likeness (QED) is 0.623. The molecule has 2 amide bonds. The summed E-state index contributed by atoms with van der Waals surface area (Å²) in [7, 11) is -3.63. The highest BCUT2D eigenvalue weighted by Gasteiger charge is 2.32. The number of hydrogen-bond acceptors (Lipinski definition) is 6. The van der Waals surface area contributed by atoms with Crippen molar-refractivity contribution in [3.63, 3.8) is 0 Å². The first-order chi connectivity index (χ1) is 16.2. The van der Waals surface area contributed by atoms with Crippen LogP contribution in [-0.4, -0.2) is 70.4 Å². The number of aromatic nitrogens is 3. The first-order valence-electron chi connectivity index (χ1n) is 11.7. The average molecular weight is 489 g/mol. The molecule has 11 heteroatoms. The first-order valence-corrected chi connectivity index (χ1v) is 13.1. The van der Waals surface area contributed by atoms with Gasteiger partial charge in [-0.2, -0.15) is 4.31 Å². The summed E-state index contributed by atoms with van der Waals surface area (Å²) in [5.41, 5.74) is 2.50. The van der Waals surface area contributed by atoms with Crippen LogP contribution in [0.25, 0.3) is 0 Å². The van der Waals surface area contributed by atoms with Crippen molar-refractivity contribution in [3.8, 4) is 0 Å². The Bertz CT molecular complexity index is 1180. The molecule has 1 fully saturated rings. The van der Waals surface area contributed by atoms with Crippen LogP contribution in [0.15, 0.2) is 17.0 Å². The highest BCUT2D eigenvalue weighted by atomic mass is 32.2. The monoisotopic (exact) mass is 488 g/mol. The summed E-state index contributed by atoms with van der Waals surface area (Å²) in [5.74, 6) is 1.34. The largest absolute Gasteiger partial charge is 0.349 e. The van der Waals surface area contributed by atoms with Crippen molar-refractivity contribution in [1.29, 1.82) is 0 Å². The number of rotatable bonds is 7. The molecule has 1 saturated heterocycles. The van der Waals surface area contributed by atoms with E-state index in [1.165, 1.54) is 4.31 Å². The number of aryl methyl sites for hydroxylation is 4.